The summed E-state index contributed by atoms with van der Waals surface area (Å²) in [7, 11) is 5.69. The zero-order valence-electron chi connectivity index (χ0n) is 20.3. The van der Waals surface area contributed by atoms with E-state index >= 15 is 0 Å². The Labute approximate surface area is 208 Å². The molecule has 0 amide bonds. The Hall–Kier alpha value is -4.04. The normalized spacial score (nSPS) is 26.0. The largest absolute Gasteiger partial charge is 0.497 e. The van der Waals surface area contributed by atoms with E-state index in [1.165, 1.54) is 21.3 Å². The van der Waals surface area contributed by atoms with Crippen LogP contribution in [0.15, 0.2) is 66.7 Å². The molecule has 0 spiro atoms. The molecule has 0 aromatic heterocycles. The lowest BCUT2D eigenvalue weighted by Gasteiger charge is -2.39. The van der Waals surface area contributed by atoms with E-state index in [0.717, 1.165) is 0 Å². The fourth-order valence-corrected chi connectivity index (χ4v) is 5.66. The average molecular weight is 491 g/mol. The molecular weight excluding hydrogens is 464 g/mol. The summed E-state index contributed by atoms with van der Waals surface area (Å²) in [6.07, 6.45) is 0. The summed E-state index contributed by atoms with van der Waals surface area (Å²) in [5.41, 5.74) is -2.76. The molecule has 1 unspecified atom stereocenters. The molecule has 1 heterocycles. The highest BCUT2D eigenvalue weighted by atomic mass is 16.5. The molecule has 0 radical (unpaired) electrons. The first-order chi connectivity index (χ1) is 17.4. The van der Waals surface area contributed by atoms with Gasteiger partial charge in [-0.1, -0.05) is 42.5 Å². The van der Waals surface area contributed by atoms with Crippen molar-refractivity contribution in [3.05, 3.63) is 83.4 Å². The predicted octanol–water partition coefficient (Wildman–Crippen LogP) is 3.34. The minimum atomic E-state index is -2.28. The number of benzene rings is 3. The Kier molecular flexibility index (Phi) is 5.64. The molecule has 1 aliphatic heterocycles. The van der Waals surface area contributed by atoms with Crippen LogP contribution in [0.4, 0.5) is 0 Å². The van der Waals surface area contributed by atoms with Crippen molar-refractivity contribution in [2.45, 2.75) is 17.1 Å². The van der Waals surface area contributed by atoms with Crippen molar-refractivity contribution in [3.8, 4) is 23.0 Å². The van der Waals surface area contributed by atoms with Crippen LogP contribution in [0.2, 0.25) is 0 Å². The summed E-state index contributed by atoms with van der Waals surface area (Å²) < 4.78 is 28.0. The molecule has 8 nitrogen and oxygen atoms in total. The molecule has 3 aromatic carbocycles. The van der Waals surface area contributed by atoms with Gasteiger partial charge in [0.2, 0.25) is 5.60 Å². The Morgan fingerprint density at radius 2 is 1.56 bits per heavy atom. The quantitative estimate of drug-likeness (QED) is 0.415. The van der Waals surface area contributed by atoms with Crippen molar-refractivity contribution in [1.82, 2.24) is 0 Å². The SMILES string of the molecule is COC(=O)[C@@H]1C(=O)[C@@]2(O)c3c(OC)cc(OC)cc3O[C@@]2(c2ccc(OC)cc2)C1c1ccccc1. The van der Waals surface area contributed by atoms with E-state index in [-0.39, 0.29) is 17.1 Å². The zero-order chi connectivity index (χ0) is 25.7. The number of aliphatic hydroxyl groups is 1. The summed E-state index contributed by atoms with van der Waals surface area (Å²) in [6.45, 7) is 0. The minimum absolute atomic E-state index is 0.138. The number of fused-ring (bicyclic) bond motifs is 3. The van der Waals surface area contributed by atoms with E-state index in [1.54, 1.807) is 67.8 Å². The van der Waals surface area contributed by atoms with Gasteiger partial charge in [-0.3, -0.25) is 9.59 Å². The Morgan fingerprint density at radius 3 is 2.14 bits per heavy atom. The maximum Gasteiger partial charge on any atom is 0.317 e. The molecular formula is C28H26O8. The number of ether oxygens (including phenoxy) is 5. The van der Waals surface area contributed by atoms with Crippen LogP contribution in [-0.2, 0) is 25.5 Å². The molecule has 186 valence electrons. The van der Waals surface area contributed by atoms with Crippen molar-refractivity contribution in [2.75, 3.05) is 28.4 Å². The topological polar surface area (TPSA) is 101 Å². The molecule has 2 aliphatic rings. The van der Waals surface area contributed by atoms with E-state index in [2.05, 4.69) is 0 Å². The standard InChI is InChI=1S/C28H26O8/c1-32-18-12-10-17(11-13-18)28-23(16-8-6-5-7-9-16)22(26(30)35-4)25(29)27(28,31)24-20(34-3)14-19(33-2)15-21(24)36-28/h5-15,22-23,31H,1-4H3/t22-,23?,27-,28-/m0/s1. The van der Waals surface area contributed by atoms with Gasteiger partial charge < -0.3 is 28.8 Å². The lowest BCUT2D eigenvalue weighted by molar-refractivity contribution is -0.155. The number of rotatable bonds is 6. The van der Waals surface area contributed by atoms with Gasteiger partial charge in [-0.15, -0.1) is 0 Å². The van der Waals surface area contributed by atoms with Crippen molar-refractivity contribution in [1.29, 1.82) is 0 Å². The summed E-state index contributed by atoms with van der Waals surface area (Å²) in [4.78, 5) is 27.4. The van der Waals surface area contributed by atoms with E-state index in [4.69, 9.17) is 23.7 Å². The van der Waals surface area contributed by atoms with Gasteiger partial charge in [0, 0.05) is 17.7 Å². The molecule has 1 aliphatic carbocycles. The smallest absolute Gasteiger partial charge is 0.317 e. The van der Waals surface area contributed by atoms with Gasteiger partial charge >= 0.3 is 5.97 Å². The van der Waals surface area contributed by atoms with E-state index in [9.17, 15) is 14.7 Å². The van der Waals surface area contributed by atoms with Crippen LogP contribution in [0.3, 0.4) is 0 Å². The molecule has 3 aromatic rings. The third-order valence-electron chi connectivity index (χ3n) is 7.21. The highest BCUT2D eigenvalue weighted by molar-refractivity contribution is 6.10. The van der Waals surface area contributed by atoms with Gasteiger partial charge in [-0.05, 0) is 17.7 Å². The highest BCUT2D eigenvalue weighted by Gasteiger charge is 2.78. The van der Waals surface area contributed by atoms with Gasteiger partial charge in [0.1, 0.15) is 28.9 Å². The van der Waals surface area contributed by atoms with Crippen LogP contribution < -0.4 is 18.9 Å². The maximum absolute atomic E-state index is 14.2. The van der Waals surface area contributed by atoms with Crippen molar-refractivity contribution >= 4 is 11.8 Å². The van der Waals surface area contributed by atoms with Crippen LogP contribution in [0, 0.1) is 5.92 Å². The molecule has 0 saturated heterocycles. The lowest BCUT2D eigenvalue weighted by Crippen LogP contribution is -2.50. The monoisotopic (exact) mass is 490 g/mol. The fourth-order valence-electron chi connectivity index (χ4n) is 5.66. The van der Waals surface area contributed by atoms with Gasteiger partial charge in [0.15, 0.2) is 11.4 Å². The molecule has 4 atom stereocenters. The first-order valence-electron chi connectivity index (χ1n) is 11.4. The van der Waals surface area contributed by atoms with Crippen molar-refractivity contribution in [3.63, 3.8) is 0 Å². The zero-order valence-corrected chi connectivity index (χ0v) is 20.3. The third-order valence-corrected chi connectivity index (χ3v) is 7.21. The van der Waals surface area contributed by atoms with E-state index in [0.29, 0.717) is 22.6 Å². The summed E-state index contributed by atoms with van der Waals surface area (Å²) in [5, 5.41) is 12.6. The minimum Gasteiger partial charge on any atom is -0.497 e. The molecule has 1 fully saturated rings. The molecule has 1 N–H and O–H groups in total. The van der Waals surface area contributed by atoms with Gasteiger partial charge in [0.25, 0.3) is 0 Å². The fraction of sp³-hybridized carbons (Fsp3) is 0.286. The van der Waals surface area contributed by atoms with Crippen LogP contribution in [-0.4, -0.2) is 45.3 Å². The molecule has 36 heavy (non-hydrogen) atoms. The number of ketones is 1. The number of carbonyl (C=O) groups excluding carboxylic acids is 2. The second kappa shape index (κ2) is 8.57. The number of hydrogen-bond donors (Lipinski definition) is 1. The summed E-state index contributed by atoms with van der Waals surface area (Å²) in [5.74, 6) is -2.34. The van der Waals surface area contributed by atoms with E-state index in [1.807, 2.05) is 6.07 Å². The number of hydrogen-bond acceptors (Lipinski definition) is 8. The average Bonchev–Trinajstić information content (AvgIpc) is 3.30. The molecule has 8 heteroatoms. The summed E-state index contributed by atoms with van der Waals surface area (Å²) in [6, 6.07) is 19.1. The second-order valence-electron chi connectivity index (χ2n) is 8.73. The summed E-state index contributed by atoms with van der Waals surface area (Å²) >= 11 is 0. The number of carbonyl (C=O) groups is 2. The predicted molar refractivity (Wildman–Crippen MR) is 128 cm³/mol. The van der Waals surface area contributed by atoms with Crippen LogP contribution in [0.25, 0.3) is 0 Å². The van der Waals surface area contributed by atoms with E-state index < -0.39 is 34.8 Å². The number of esters is 1. The van der Waals surface area contributed by atoms with Crippen LogP contribution in [0.5, 0.6) is 23.0 Å². The van der Waals surface area contributed by atoms with Crippen LogP contribution >= 0.6 is 0 Å². The van der Waals surface area contributed by atoms with Crippen molar-refractivity contribution < 1.29 is 38.4 Å². The molecule has 5 rings (SSSR count). The van der Waals surface area contributed by atoms with Crippen LogP contribution in [0.1, 0.15) is 22.6 Å². The van der Waals surface area contributed by atoms with Gasteiger partial charge in [-0.2, -0.15) is 0 Å². The molecule has 1 saturated carbocycles. The highest BCUT2D eigenvalue weighted by Crippen LogP contribution is 2.68. The van der Waals surface area contributed by atoms with Gasteiger partial charge in [-0.25, -0.2) is 0 Å². The first-order valence-corrected chi connectivity index (χ1v) is 11.4. The lowest BCUT2D eigenvalue weighted by atomic mass is 9.70. The first kappa shape index (κ1) is 23.7. The Balaban J connectivity index is 1.89. The van der Waals surface area contributed by atoms with Gasteiger partial charge in [0.05, 0.1) is 39.9 Å². The Morgan fingerprint density at radius 1 is 0.889 bits per heavy atom. The molecule has 0 bridgehead atoms. The second-order valence-corrected chi connectivity index (χ2v) is 8.73. The Bertz CT molecular complexity index is 1320. The van der Waals surface area contributed by atoms with Crippen molar-refractivity contribution in [2.24, 2.45) is 5.92 Å². The maximum atomic E-state index is 14.2. The third kappa shape index (κ3) is 2.97. The number of methoxy groups -OCH3 is 4. The number of Topliss-reactive ketones (excluding diaryl/α,β-unsaturated/α-hetero) is 1.